The SMILES string of the molecule is C[C@H]1C=CC2=C3B(c4ccccc4O2)c2cccc4c5ccccc5n(c24)C3=C1. The number of aromatic nitrogens is 1. The fourth-order valence-electron chi connectivity index (χ4n) is 5.36. The average Bonchev–Trinajstić information content (AvgIpc) is 3.00. The third-order valence-corrected chi connectivity index (χ3v) is 6.53. The number of nitrogens with zero attached hydrogens (tertiary/aromatic N) is 1. The Hall–Kier alpha value is -3.46. The minimum Gasteiger partial charge on any atom is -0.458 e. The van der Waals surface area contributed by atoms with Gasteiger partial charge in [0.1, 0.15) is 11.5 Å². The molecule has 0 fully saturated rings. The standard InChI is InChI=1S/C26H18BNO/c1-16-13-14-24-25-22(15-16)28-21-11-4-2-7-17(21)18-8-6-10-20(26(18)28)27(25)19-9-3-5-12-23(19)29-24/h2-16H,1H3/t16-/m0/s1. The van der Waals surface area contributed by atoms with E-state index in [1.165, 1.54) is 43.9 Å². The summed E-state index contributed by atoms with van der Waals surface area (Å²) in [5.41, 5.74) is 7.76. The maximum absolute atomic E-state index is 6.44. The van der Waals surface area contributed by atoms with Crippen LogP contribution in [0.2, 0.25) is 0 Å². The van der Waals surface area contributed by atoms with Crippen molar-refractivity contribution in [2.45, 2.75) is 6.92 Å². The van der Waals surface area contributed by atoms with Crippen LogP contribution < -0.4 is 15.7 Å². The van der Waals surface area contributed by atoms with E-state index in [0.717, 1.165) is 11.5 Å². The number of hydrogen-bond donors (Lipinski definition) is 0. The first kappa shape index (κ1) is 15.5. The molecule has 1 atom stereocenters. The lowest BCUT2D eigenvalue weighted by Gasteiger charge is -2.34. The average molecular weight is 371 g/mol. The van der Waals surface area contributed by atoms with E-state index in [1.54, 1.807) is 0 Å². The number of hydrogen-bond acceptors (Lipinski definition) is 1. The van der Waals surface area contributed by atoms with E-state index in [1.807, 2.05) is 0 Å². The van der Waals surface area contributed by atoms with Gasteiger partial charge in [-0.15, -0.1) is 0 Å². The van der Waals surface area contributed by atoms with E-state index in [0.29, 0.717) is 5.92 Å². The third-order valence-electron chi connectivity index (χ3n) is 6.53. The molecule has 0 bridgehead atoms. The topological polar surface area (TPSA) is 14.2 Å². The fraction of sp³-hybridized carbons (Fsp3) is 0.0769. The van der Waals surface area contributed by atoms with Gasteiger partial charge in [0.2, 0.25) is 0 Å². The van der Waals surface area contributed by atoms with Crippen LogP contribution in [0.5, 0.6) is 5.75 Å². The molecule has 1 aliphatic carbocycles. The van der Waals surface area contributed by atoms with Crippen molar-refractivity contribution in [3.8, 4) is 5.75 Å². The van der Waals surface area contributed by atoms with Crippen LogP contribution in [0.1, 0.15) is 6.92 Å². The Balaban J connectivity index is 1.73. The van der Waals surface area contributed by atoms with Crippen molar-refractivity contribution >= 4 is 45.1 Å². The van der Waals surface area contributed by atoms with Gasteiger partial charge in [0.05, 0.1) is 5.52 Å². The molecule has 2 nitrogen and oxygen atoms in total. The Labute approximate surface area is 169 Å². The summed E-state index contributed by atoms with van der Waals surface area (Å²) >= 11 is 0. The van der Waals surface area contributed by atoms with Crippen LogP contribution in [-0.2, 0) is 0 Å². The normalized spacial score (nSPS) is 19.0. The second-order valence-electron chi connectivity index (χ2n) is 8.22. The largest absolute Gasteiger partial charge is 0.458 e. The summed E-state index contributed by atoms with van der Waals surface area (Å²) in [6, 6.07) is 24.0. The van der Waals surface area contributed by atoms with Gasteiger partial charge < -0.3 is 9.30 Å². The highest BCUT2D eigenvalue weighted by Gasteiger charge is 2.42. The molecule has 0 saturated carbocycles. The van der Waals surface area contributed by atoms with Gasteiger partial charge in [-0.3, -0.25) is 0 Å². The zero-order valence-corrected chi connectivity index (χ0v) is 16.1. The molecule has 0 amide bonds. The minimum atomic E-state index is 0.191. The highest BCUT2D eigenvalue weighted by atomic mass is 16.5. The maximum atomic E-state index is 6.44. The van der Waals surface area contributed by atoms with E-state index in [9.17, 15) is 0 Å². The van der Waals surface area contributed by atoms with Crippen LogP contribution >= 0.6 is 0 Å². The molecule has 0 N–H and O–H groups in total. The molecule has 7 rings (SSSR count). The predicted octanol–water partition coefficient (Wildman–Crippen LogP) is 4.65. The molecule has 3 heterocycles. The van der Waals surface area contributed by atoms with Gasteiger partial charge >= 0.3 is 0 Å². The van der Waals surface area contributed by atoms with Gasteiger partial charge in [-0.2, -0.15) is 0 Å². The van der Waals surface area contributed by atoms with Gasteiger partial charge in [0, 0.05) is 22.0 Å². The number of benzene rings is 3. The third kappa shape index (κ3) is 1.88. The lowest BCUT2D eigenvalue weighted by atomic mass is 9.33. The van der Waals surface area contributed by atoms with Crippen LogP contribution in [0.3, 0.4) is 0 Å². The summed E-state index contributed by atoms with van der Waals surface area (Å²) in [4.78, 5) is 0. The van der Waals surface area contributed by atoms with E-state index in [4.69, 9.17) is 4.74 Å². The van der Waals surface area contributed by atoms with E-state index in [-0.39, 0.29) is 6.71 Å². The van der Waals surface area contributed by atoms with E-state index in [2.05, 4.69) is 96.4 Å². The van der Waals surface area contributed by atoms with Crippen molar-refractivity contribution in [2.24, 2.45) is 5.92 Å². The second kappa shape index (κ2) is 5.33. The lowest BCUT2D eigenvalue weighted by Crippen LogP contribution is -2.51. The Morgan fingerprint density at radius 2 is 1.66 bits per heavy atom. The monoisotopic (exact) mass is 371 g/mol. The fourth-order valence-corrected chi connectivity index (χ4v) is 5.36. The Morgan fingerprint density at radius 1 is 0.862 bits per heavy atom. The molecule has 136 valence electrons. The highest BCUT2D eigenvalue weighted by molar-refractivity contribution is 6.95. The van der Waals surface area contributed by atoms with Crippen molar-refractivity contribution in [1.82, 2.24) is 4.57 Å². The summed E-state index contributed by atoms with van der Waals surface area (Å²) in [6.07, 6.45) is 6.81. The molecule has 0 radical (unpaired) electrons. The first-order valence-corrected chi connectivity index (χ1v) is 10.2. The van der Waals surface area contributed by atoms with Crippen LogP contribution in [0.4, 0.5) is 0 Å². The van der Waals surface area contributed by atoms with Gasteiger partial charge in [0.15, 0.2) is 0 Å². The molecule has 29 heavy (non-hydrogen) atoms. The molecule has 0 saturated heterocycles. The number of ether oxygens (including phenoxy) is 1. The first-order chi connectivity index (χ1) is 14.3. The molecule has 3 heteroatoms. The van der Waals surface area contributed by atoms with Crippen LogP contribution in [0.25, 0.3) is 27.5 Å². The number of fused-ring (bicyclic) bond motifs is 7. The molecular weight excluding hydrogens is 353 g/mol. The molecule has 3 aliphatic rings. The number of allylic oxidation sites excluding steroid dienone is 5. The van der Waals surface area contributed by atoms with Crippen molar-refractivity contribution in [3.05, 3.63) is 96.2 Å². The number of para-hydroxylation sites is 3. The van der Waals surface area contributed by atoms with Gasteiger partial charge in [-0.1, -0.05) is 73.7 Å². The maximum Gasteiger partial charge on any atom is 0.256 e. The van der Waals surface area contributed by atoms with Crippen LogP contribution in [0.15, 0.2) is 96.2 Å². The highest BCUT2D eigenvalue weighted by Crippen LogP contribution is 2.42. The van der Waals surface area contributed by atoms with Gasteiger partial charge in [-0.25, -0.2) is 0 Å². The summed E-state index contributed by atoms with van der Waals surface area (Å²) in [5.74, 6) is 2.28. The zero-order chi connectivity index (χ0) is 19.1. The summed E-state index contributed by atoms with van der Waals surface area (Å²) in [5, 5.41) is 2.64. The van der Waals surface area contributed by atoms with E-state index >= 15 is 0 Å². The lowest BCUT2D eigenvalue weighted by molar-refractivity contribution is 0.443. The van der Waals surface area contributed by atoms with Crippen LogP contribution in [0, 0.1) is 5.92 Å². The van der Waals surface area contributed by atoms with Crippen molar-refractivity contribution in [1.29, 1.82) is 0 Å². The molecular formula is C26H18BNO. The Bertz CT molecular complexity index is 1450. The van der Waals surface area contributed by atoms with Gasteiger partial charge in [0.25, 0.3) is 6.71 Å². The first-order valence-electron chi connectivity index (χ1n) is 10.2. The summed E-state index contributed by atoms with van der Waals surface area (Å²) in [6.45, 7) is 2.43. The quantitative estimate of drug-likeness (QED) is 0.411. The zero-order valence-electron chi connectivity index (χ0n) is 16.1. The minimum absolute atomic E-state index is 0.191. The molecule has 1 aromatic heterocycles. The van der Waals surface area contributed by atoms with E-state index < -0.39 is 0 Å². The summed E-state index contributed by atoms with van der Waals surface area (Å²) < 4.78 is 8.90. The number of rotatable bonds is 0. The Morgan fingerprint density at radius 3 is 2.62 bits per heavy atom. The molecule has 4 aromatic rings. The Kier molecular flexibility index (Phi) is 2.84. The molecule has 3 aromatic carbocycles. The van der Waals surface area contributed by atoms with Gasteiger partial charge in [-0.05, 0) is 40.5 Å². The van der Waals surface area contributed by atoms with Crippen molar-refractivity contribution < 1.29 is 4.74 Å². The molecule has 0 spiro atoms. The molecule has 2 aliphatic heterocycles. The van der Waals surface area contributed by atoms with Crippen molar-refractivity contribution in [3.63, 3.8) is 0 Å². The smallest absolute Gasteiger partial charge is 0.256 e. The van der Waals surface area contributed by atoms with Crippen molar-refractivity contribution in [2.75, 3.05) is 0 Å². The molecule has 0 unspecified atom stereocenters. The summed E-state index contributed by atoms with van der Waals surface area (Å²) in [7, 11) is 0. The van der Waals surface area contributed by atoms with Crippen LogP contribution in [-0.4, -0.2) is 11.3 Å². The second-order valence-corrected chi connectivity index (χ2v) is 8.22. The predicted molar refractivity (Wildman–Crippen MR) is 121 cm³/mol.